The minimum absolute atomic E-state index is 0.0920. The zero-order valence-electron chi connectivity index (χ0n) is 22.7. The van der Waals surface area contributed by atoms with E-state index in [1.54, 1.807) is 60.7 Å². The Kier molecular flexibility index (Phi) is 8.38. The van der Waals surface area contributed by atoms with Gasteiger partial charge in [-0.25, -0.2) is 4.39 Å². The lowest BCUT2D eigenvalue weighted by atomic mass is 10.1. The molecule has 0 bridgehead atoms. The molecule has 45 heavy (non-hydrogen) atoms. The van der Waals surface area contributed by atoms with E-state index >= 15 is 4.57 Å². The predicted octanol–water partition coefficient (Wildman–Crippen LogP) is 7.88. The number of non-ortho nitro benzene ring substituents is 2. The molecule has 0 N–H and O–H groups in total. The lowest BCUT2D eigenvalue weighted by Gasteiger charge is -2.23. The summed E-state index contributed by atoms with van der Waals surface area (Å²) >= 11 is 0. The van der Waals surface area contributed by atoms with E-state index in [0.717, 1.165) is 24.3 Å². The average Bonchev–Trinajstić information content (AvgIpc) is 3.02. The fourth-order valence-corrected chi connectivity index (χ4v) is 7.25. The van der Waals surface area contributed by atoms with Gasteiger partial charge in [-0.1, -0.05) is 60.7 Å². The van der Waals surface area contributed by atoms with Gasteiger partial charge >= 0.3 is 6.18 Å². The highest BCUT2D eigenvalue weighted by Crippen LogP contribution is 2.48. The summed E-state index contributed by atoms with van der Waals surface area (Å²) in [4.78, 5) is 20.5. The van der Waals surface area contributed by atoms with E-state index in [1.807, 2.05) is 0 Å². The summed E-state index contributed by atoms with van der Waals surface area (Å²) < 4.78 is 83.2. The fourth-order valence-electron chi connectivity index (χ4n) is 4.47. The molecule has 228 valence electrons. The zero-order chi connectivity index (χ0) is 32.4. The van der Waals surface area contributed by atoms with E-state index in [1.165, 1.54) is 18.2 Å². The summed E-state index contributed by atoms with van der Waals surface area (Å²) in [6.07, 6.45) is -5.02. The lowest BCUT2D eigenvalue weighted by Crippen LogP contribution is -2.26. The van der Waals surface area contributed by atoms with Crippen LogP contribution in [0.5, 0.6) is 23.0 Å². The standard InChI is InChI=1S/C31H19F4N2O7P/c32-26-18-21(37(40)41)12-15-28(26)44-29-16-13-22(43-27-14-11-20(36(38)39)17-25(27)31(33,34)35)19-30(29)45(42,23-7-3-1-4-8-23)24-9-5-2-6-10-24/h1-19H. The number of hydrogen-bond acceptors (Lipinski definition) is 7. The van der Waals surface area contributed by atoms with E-state index in [2.05, 4.69) is 0 Å². The Bertz CT molecular complexity index is 1910. The van der Waals surface area contributed by atoms with E-state index < -0.39 is 57.4 Å². The molecule has 0 heterocycles. The molecule has 0 amide bonds. The van der Waals surface area contributed by atoms with Gasteiger partial charge in [0, 0.05) is 28.8 Å². The Morgan fingerprint density at radius 3 is 1.64 bits per heavy atom. The van der Waals surface area contributed by atoms with Gasteiger partial charge in [-0.15, -0.1) is 0 Å². The maximum Gasteiger partial charge on any atom is 0.420 e. The van der Waals surface area contributed by atoms with Crippen molar-refractivity contribution in [3.63, 3.8) is 0 Å². The molecule has 14 heteroatoms. The Hall–Kier alpha value is -5.55. The van der Waals surface area contributed by atoms with Crippen LogP contribution < -0.4 is 25.4 Å². The van der Waals surface area contributed by atoms with Crippen molar-refractivity contribution in [2.45, 2.75) is 6.18 Å². The van der Waals surface area contributed by atoms with E-state index in [-0.39, 0.29) is 16.8 Å². The van der Waals surface area contributed by atoms with Crippen LogP contribution in [-0.2, 0) is 10.7 Å². The maximum absolute atomic E-state index is 15.2. The van der Waals surface area contributed by atoms with Crippen LogP contribution in [0, 0.1) is 26.0 Å². The van der Waals surface area contributed by atoms with Gasteiger partial charge in [-0.2, -0.15) is 13.2 Å². The van der Waals surface area contributed by atoms with E-state index in [9.17, 15) is 37.8 Å². The third kappa shape index (κ3) is 6.38. The molecular weight excluding hydrogens is 619 g/mol. The van der Waals surface area contributed by atoms with Gasteiger partial charge < -0.3 is 14.0 Å². The molecule has 0 atom stereocenters. The second-order valence-electron chi connectivity index (χ2n) is 9.42. The van der Waals surface area contributed by atoms with Gasteiger partial charge in [-0.05, 0) is 30.3 Å². The third-order valence-electron chi connectivity index (χ3n) is 6.56. The number of benzene rings is 5. The van der Waals surface area contributed by atoms with Crippen LogP contribution in [0.15, 0.2) is 115 Å². The summed E-state index contributed by atoms with van der Waals surface area (Å²) in [6.45, 7) is 0. The molecule has 0 aliphatic rings. The quantitative estimate of drug-likeness (QED) is 0.0697. The number of rotatable bonds is 9. The molecule has 0 aliphatic carbocycles. The molecule has 9 nitrogen and oxygen atoms in total. The summed E-state index contributed by atoms with van der Waals surface area (Å²) in [5, 5.41) is 22.7. The smallest absolute Gasteiger partial charge is 0.420 e. The Labute approximate surface area is 252 Å². The molecule has 0 unspecified atom stereocenters. The number of alkyl halides is 3. The largest absolute Gasteiger partial charge is 0.457 e. The Morgan fingerprint density at radius 1 is 0.622 bits per heavy atom. The SMILES string of the molecule is O=[N+]([O-])c1ccc(Oc2ccc(Oc3ccc([N+](=O)[O-])cc3C(F)(F)F)cc2P(=O)(c2ccccc2)c2ccccc2)c(F)c1. The summed E-state index contributed by atoms with van der Waals surface area (Å²) in [6, 6.07) is 24.5. The van der Waals surface area contributed by atoms with Crippen LogP contribution in [0.3, 0.4) is 0 Å². The highest BCUT2D eigenvalue weighted by atomic mass is 31.2. The molecule has 0 aliphatic heterocycles. The first-order valence-electron chi connectivity index (χ1n) is 12.9. The average molecular weight is 638 g/mol. The number of halogens is 4. The lowest BCUT2D eigenvalue weighted by molar-refractivity contribution is -0.385. The maximum atomic E-state index is 15.2. The molecule has 0 aromatic heterocycles. The highest BCUT2D eigenvalue weighted by Gasteiger charge is 2.37. The Morgan fingerprint density at radius 2 is 1.13 bits per heavy atom. The number of nitro benzene ring substituents is 2. The highest BCUT2D eigenvalue weighted by molar-refractivity contribution is 7.85. The van der Waals surface area contributed by atoms with Crippen LogP contribution in [-0.4, -0.2) is 9.85 Å². The van der Waals surface area contributed by atoms with Crippen molar-refractivity contribution in [2.24, 2.45) is 0 Å². The zero-order valence-corrected chi connectivity index (χ0v) is 23.6. The second-order valence-corrected chi connectivity index (χ2v) is 12.2. The molecular formula is C31H19F4N2O7P. The summed E-state index contributed by atoms with van der Waals surface area (Å²) in [5.74, 6) is -2.72. The normalized spacial score (nSPS) is 11.6. The molecule has 0 saturated heterocycles. The summed E-state index contributed by atoms with van der Waals surface area (Å²) in [5.41, 5.74) is -2.76. The first kappa shape index (κ1) is 30.9. The summed E-state index contributed by atoms with van der Waals surface area (Å²) in [7, 11) is -3.94. The number of nitrogens with zero attached hydrogens (tertiary/aromatic N) is 2. The van der Waals surface area contributed by atoms with Crippen molar-refractivity contribution >= 4 is 34.4 Å². The molecule has 5 rings (SSSR count). The van der Waals surface area contributed by atoms with E-state index in [4.69, 9.17) is 9.47 Å². The topological polar surface area (TPSA) is 122 Å². The molecule has 0 saturated carbocycles. The van der Waals surface area contributed by atoms with Gasteiger partial charge in [0.25, 0.3) is 11.4 Å². The van der Waals surface area contributed by atoms with Crippen molar-refractivity contribution in [1.82, 2.24) is 0 Å². The van der Waals surface area contributed by atoms with Crippen molar-refractivity contribution in [3.8, 4) is 23.0 Å². The van der Waals surface area contributed by atoms with Crippen LogP contribution in [0.1, 0.15) is 5.56 Å². The molecule has 5 aromatic rings. The molecule has 0 spiro atoms. The molecule has 0 fully saturated rings. The molecule has 5 aromatic carbocycles. The second kappa shape index (κ2) is 12.2. The van der Waals surface area contributed by atoms with Crippen LogP contribution in [0.25, 0.3) is 0 Å². The number of nitro groups is 2. The van der Waals surface area contributed by atoms with Crippen molar-refractivity contribution in [3.05, 3.63) is 147 Å². The monoisotopic (exact) mass is 638 g/mol. The van der Waals surface area contributed by atoms with Crippen LogP contribution in [0.2, 0.25) is 0 Å². The fraction of sp³-hybridized carbons (Fsp3) is 0.0323. The van der Waals surface area contributed by atoms with Gasteiger partial charge in [0.1, 0.15) is 22.8 Å². The molecule has 0 radical (unpaired) electrons. The van der Waals surface area contributed by atoms with Crippen molar-refractivity contribution in [2.75, 3.05) is 0 Å². The first-order valence-corrected chi connectivity index (χ1v) is 14.6. The van der Waals surface area contributed by atoms with Gasteiger partial charge in [-0.3, -0.25) is 20.2 Å². The predicted molar refractivity (Wildman–Crippen MR) is 157 cm³/mol. The van der Waals surface area contributed by atoms with Gasteiger partial charge in [0.2, 0.25) is 0 Å². The van der Waals surface area contributed by atoms with Crippen molar-refractivity contribution < 1.29 is 41.4 Å². The minimum atomic E-state index is -5.02. The van der Waals surface area contributed by atoms with Gasteiger partial charge in [0.15, 0.2) is 18.7 Å². The van der Waals surface area contributed by atoms with E-state index in [0.29, 0.717) is 22.7 Å². The number of hydrogen-bond donors (Lipinski definition) is 0. The van der Waals surface area contributed by atoms with Crippen LogP contribution in [0.4, 0.5) is 28.9 Å². The van der Waals surface area contributed by atoms with Crippen LogP contribution >= 0.6 is 7.14 Å². The minimum Gasteiger partial charge on any atom is -0.457 e. The first-order chi connectivity index (χ1) is 21.4. The number of ether oxygens (including phenoxy) is 2. The van der Waals surface area contributed by atoms with Gasteiger partial charge in [0.05, 0.1) is 21.2 Å². The Balaban J connectivity index is 1.71. The third-order valence-corrected chi connectivity index (χ3v) is 9.64. The van der Waals surface area contributed by atoms with Crippen molar-refractivity contribution in [1.29, 1.82) is 0 Å².